The highest BCUT2D eigenvalue weighted by atomic mass is 32.2. The van der Waals surface area contributed by atoms with Crippen molar-refractivity contribution in [3.05, 3.63) is 169 Å². The standard InChI is InChI=1S/C47H33N3S/c1-2-16-33(40-31-41(34-18-5-3-6-19-34)49-47(48-40)35-20-7-4-8-21-35)22-15-30-50-45-36-23-10-9-17-32(36)28-29-39(45)44-37-24-11-13-26-42(37)51-43-27-14-12-25-38(43)46(44)50/h1,4-5,7-29,31H,3,6,30H2/b22-15-,33-16+. The maximum absolute atomic E-state index is 5.97. The normalized spacial score (nSPS) is 13.8. The van der Waals surface area contributed by atoms with Gasteiger partial charge in [0.1, 0.15) is 0 Å². The lowest BCUT2D eigenvalue weighted by Gasteiger charge is -2.13. The molecule has 4 heteroatoms. The fourth-order valence-corrected chi connectivity index (χ4v) is 8.42. The van der Waals surface area contributed by atoms with Gasteiger partial charge in [-0.2, -0.15) is 0 Å². The lowest BCUT2D eigenvalue weighted by atomic mass is 9.97. The van der Waals surface area contributed by atoms with Crippen LogP contribution >= 0.6 is 11.8 Å². The van der Waals surface area contributed by atoms with E-state index in [4.69, 9.17) is 16.4 Å². The van der Waals surface area contributed by atoms with Gasteiger partial charge in [-0.25, -0.2) is 9.97 Å². The lowest BCUT2D eigenvalue weighted by Crippen LogP contribution is -2.01. The highest BCUT2D eigenvalue weighted by molar-refractivity contribution is 7.99. The molecule has 7 aromatic rings. The van der Waals surface area contributed by atoms with Gasteiger partial charge in [0.2, 0.25) is 0 Å². The Balaban J connectivity index is 1.22. The zero-order chi connectivity index (χ0) is 34.1. The molecule has 5 aromatic carbocycles. The molecule has 51 heavy (non-hydrogen) atoms. The maximum atomic E-state index is 5.97. The van der Waals surface area contributed by atoms with Crippen molar-refractivity contribution in [3.63, 3.8) is 0 Å². The molecule has 0 fully saturated rings. The predicted molar refractivity (Wildman–Crippen MR) is 214 cm³/mol. The molecule has 3 heterocycles. The summed E-state index contributed by atoms with van der Waals surface area (Å²) in [5.41, 5.74) is 10.9. The number of rotatable bonds is 6. The topological polar surface area (TPSA) is 30.7 Å². The van der Waals surface area contributed by atoms with Crippen LogP contribution in [0.3, 0.4) is 0 Å². The van der Waals surface area contributed by atoms with E-state index in [1.165, 1.54) is 53.9 Å². The second-order valence-corrected chi connectivity index (χ2v) is 13.8. The van der Waals surface area contributed by atoms with Crippen LogP contribution in [-0.2, 0) is 6.54 Å². The quantitative estimate of drug-likeness (QED) is 0.130. The summed E-state index contributed by atoms with van der Waals surface area (Å²) in [7, 11) is 0. The van der Waals surface area contributed by atoms with E-state index < -0.39 is 0 Å². The Morgan fingerprint density at radius 2 is 1.55 bits per heavy atom. The first-order chi connectivity index (χ1) is 25.3. The second kappa shape index (κ2) is 13.3. The summed E-state index contributed by atoms with van der Waals surface area (Å²) < 4.78 is 2.50. The zero-order valence-corrected chi connectivity index (χ0v) is 28.8. The molecule has 0 atom stereocenters. The third-order valence-electron chi connectivity index (χ3n) is 9.63. The van der Waals surface area contributed by atoms with E-state index in [1.54, 1.807) is 0 Å². The SMILES string of the molecule is C#C/C=C(\C=C/Cn1c2c(c3ccc4ccccc4c31)-c1ccccc1Sc1ccccc1-2)c1cc(C2=CCCC=C2)nc(-c2ccccc2)n1. The molecule has 242 valence electrons. The third kappa shape index (κ3) is 5.62. The molecule has 0 saturated heterocycles. The molecule has 0 saturated carbocycles. The Hall–Kier alpha value is -6.15. The number of hydrogen-bond acceptors (Lipinski definition) is 3. The van der Waals surface area contributed by atoms with Crippen LogP contribution in [0.5, 0.6) is 0 Å². The molecule has 1 aliphatic carbocycles. The molecule has 1 aliphatic heterocycles. The molecule has 0 unspecified atom stereocenters. The van der Waals surface area contributed by atoms with E-state index in [1.807, 2.05) is 36.0 Å². The average Bonchev–Trinajstić information content (AvgIpc) is 3.44. The number of nitrogens with zero attached hydrogens (tertiary/aromatic N) is 3. The van der Waals surface area contributed by atoms with Gasteiger partial charge in [0.05, 0.1) is 22.6 Å². The number of aromatic nitrogens is 3. The summed E-state index contributed by atoms with van der Waals surface area (Å²) in [4.78, 5) is 12.6. The summed E-state index contributed by atoms with van der Waals surface area (Å²) in [6.07, 6.45) is 20.8. The van der Waals surface area contributed by atoms with Crippen molar-refractivity contribution in [1.82, 2.24) is 14.5 Å². The number of hydrogen-bond donors (Lipinski definition) is 0. The molecule has 0 spiro atoms. The number of terminal acetylenes is 1. The highest BCUT2D eigenvalue weighted by Gasteiger charge is 2.27. The van der Waals surface area contributed by atoms with Gasteiger partial charge in [-0.3, -0.25) is 0 Å². The fraction of sp³-hybridized carbons (Fsp3) is 0.0638. The van der Waals surface area contributed by atoms with E-state index in [0.29, 0.717) is 12.4 Å². The van der Waals surface area contributed by atoms with Crippen molar-refractivity contribution in [2.75, 3.05) is 0 Å². The summed E-state index contributed by atoms with van der Waals surface area (Å²) in [6.45, 7) is 0.639. The zero-order valence-electron chi connectivity index (χ0n) is 28.0. The summed E-state index contributed by atoms with van der Waals surface area (Å²) >= 11 is 1.84. The molecule has 0 radical (unpaired) electrons. The monoisotopic (exact) mass is 671 g/mol. The van der Waals surface area contributed by atoms with Crippen molar-refractivity contribution in [1.29, 1.82) is 0 Å². The van der Waals surface area contributed by atoms with Crippen LogP contribution in [0.25, 0.3) is 66.6 Å². The van der Waals surface area contributed by atoms with Crippen molar-refractivity contribution in [3.8, 4) is 46.1 Å². The van der Waals surface area contributed by atoms with Gasteiger partial charge >= 0.3 is 0 Å². The van der Waals surface area contributed by atoms with Crippen molar-refractivity contribution >= 4 is 44.6 Å². The van der Waals surface area contributed by atoms with Crippen LogP contribution in [0.15, 0.2) is 168 Å². The summed E-state index contributed by atoms with van der Waals surface area (Å²) in [5, 5.41) is 3.71. The Morgan fingerprint density at radius 1 is 0.784 bits per heavy atom. The minimum absolute atomic E-state index is 0.639. The van der Waals surface area contributed by atoms with Crippen LogP contribution in [0.4, 0.5) is 0 Å². The first kappa shape index (κ1) is 30.9. The second-order valence-electron chi connectivity index (χ2n) is 12.7. The molecule has 0 bridgehead atoms. The Bertz CT molecular complexity index is 2650. The van der Waals surface area contributed by atoms with Gasteiger partial charge in [-0.15, -0.1) is 6.42 Å². The molecular weight excluding hydrogens is 639 g/mol. The average molecular weight is 672 g/mol. The van der Waals surface area contributed by atoms with Gasteiger partial charge in [0.25, 0.3) is 0 Å². The van der Waals surface area contributed by atoms with Gasteiger partial charge in [0, 0.05) is 49.4 Å². The van der Waals surface area contributed by atoms with Crippen LogP contribution in [0.2, 0.25) is 0 Å². The van der Waals surface area contributed by atoms with Crippen molar-refractivity contribution in [2.45, 2.75) is 29.2 Å². The summed E-state index contributed by atoms with van der Waals surface area (Å²) in [5.74, 6) is 3.47. The number of benzene rings is 5. The Morgan fingerprint density at radius 3 is 2.37 bits per heavy atom. The van der Waals surface area contributed by atoms with Gasteiger partial charge < -0.3 is 4.57 Å². The lowest BCUT2D eigenvalue weighted by molar-refractivity contribution is 0.874. The molecule has 2 aliphatic rings. The van der Waals surface area contributed by atoms with E-state index in [-0.39, 0.29) is 0 Å². The van der Waals surface area contributed by atoms with Gasteiger partial charge in [-0.05, 0) is 53.6 Å². The minimum Gasteiger partial charge on any atom is -0.336 e. The minimum atomic E-state index is 0.639. The highest BCUT2D eigenvalue weighted by Crippen LogP contribution is 2.52. The number of fused-ring (bicyclic) bond motifs is 9. The van der Waals surface area contributed by atoms with Crippen LogP contribution in [-0.4, -0.2) is 14.5 Å². The van der Waals surface area contributed by atoms with E-state index >= 15 is 0 Å². The van der Waals surface area contributed by atoms with Gasteiger partial charge in [-0.1, -0.05) is 151 Å². The first-order valence-corrected chi connectivity index (χ1v) is 18.1. The predicted octanol–water partition coefficient (Wildman–Crippen LogP) is 12.1. The molecule has 2 aromatic heterocycles. The van der Waals surface area contributed by atoms with E-state index in [2.05, 4.69) is 144 Å². The van der Waals surface area contributed by atoms with Crippen molar-refractivity contribution in [2.24, 2.45) is 0 Å². The molecule has 0 N–H and O–H groups in total. The fourth-order valence-electron chi connectivity index (χ4n) is 7.33. The smallest absolute Gasteiger partial charge is 0.160 e. The van der Waals surface area contributed by atoms with Crippen LogP contribution < -0.4 is 0 Å². The van der Waals surface area contributed by atoms with E-state index in [9.17, 15) is 0 Å². The Labute approximate surface area is 302 Å². The summed E-state index contributed by atoms with van der Waals surface area (Å²) in [6, 6.07) is 43.1. The third-order valence-corrected chi connectivity index (χ3v) is 10.8. The Kier molecular flexibility index (Phi) is 8.04. The molecular formula is C47H33N3S. The molecule has 3 nitrogen and oxygen atoms in total. The van der Waals surface area contributed by atoms with E-state index in [0.717, 1.165) is 40.9 Å². The number of allylic oxidation sites excluding steroid dienone is 8. The van der Waals surface area contributed by atoms with Crippen molar-refractivity contribution < 1.29 is 0 Å². The molecule has 0 amide bonds. The first-order valence-electron chi connectivity index (χ1n) is 17.3. The largest absolute Gasteiger partial charge is 0.336 e. The van der Waals surface area contributed by atoms with Gasteiger partial charge in [0.15, 0.2) is 5.82 Å². The maximum Gasteiger partial charge on any atom is 0.160 e. The van der Waals surface area contributed by atoms with Crippen LogP contribution in [0.1, 0.15) is 24.2 Å². The molecule has 9 rings (SSSR count). The van der Waals surface area contributed by atoms with Crippen LogP contribution in [0, 0.1) is 12.3 Å².